The van der Waals surface area contributed by atoms with Crippen molar-refractivity contribution in [2.45, 2.75) is 68.4 Å². The predicted octanol–water partition coefficient (Wildman–Crippen LogP) is 2.30. The Labute approximate surface area is 196 Å². The molecule has 2 amide bonds. The molecule has 2 heterocycles. The maximum Gasteiger partial charge on any atom is 0.251 e. The van der Waals surface area contributed by atoms with Crippen molar-refractivity contribution in [2.75, 3.05) is 26.7 Å². The highest BCUT2D eigenvalue weighted by Crippen LogP contribution is 2.35. The molecule has 33 heavy (non-hydrogen) atoms. The van der Waals surface area contributed by atoms with E-state index in [1.165, 1.54) is 16.4 Å². The van der Waals surface area contributed by atoms with Crippen LogP contribution in [-0.2, 0) is 19.6 Å². The Morgan fingerprint density at radius 2 is 1.85 bits per heavy atom. The zero-order valence-corrected chi connectivity index (χ0v) is 20.1. The van der Waals surface area contributed by atoms with Gasteiger partial charge in [0.25, 0.3) is 5.91 Å². The van der Waals surface area contributed by atoms with Crippen LogP contribution in [0.3, 0.4) is 0 Å². The fraction of sp³-hybridized carbons (Fsp3) is 0.667. The summed E-state index contributed by atoms with van der Waals surface area (Å²) in [5.41, 5.74) is 0.415. The summed E-state index contributed by atoms with van der Waals surface area (Å²) >= 11 is 0. The Hall–Kier alpha value is -1.97. The summed E-state index contributed by atoms with van der Waals surface area (Å²) < 4.78 is 32.5. The monoisotopic (exact) mass is 477 g/mol. The third kappa shape index (κ3) is 5.58. The van der Waals surface area contributed by atoms with Crippen molar-refractivity contribution in [1.29, 1.82) is 0 Å². The van der Waals surface area contributed by atoms with Crippen molar-refractivity contribution in [3.05, 3.63) is 29.8 Å². The minimum atomic E-state index is -3.51. The van der Waals surface area contributed by atoms with Crippen LogP contribution in [0.2, 0.25) is 0 Å². The first-order valence-corrected chi connectivity index (χ1v) is 13.5. The molecule has 3 aliphatic rings. The Bertz CT molecular complexity index is 943. The number of rotatable bonds is 7. The van der Waals surface area contributed by atoms with Gasteiger partial charge in [-0.1, -0.05) is 6.42 Å². The quantitative estimate of drug-likeness (QED) is 0.627. The van der Waals surface area contributed by atoms with Crippen molar-refractivity contribution in [3.63, 3.8) is 0 Å². The number of benzene rings is 1. The predicted molar refractivity (Wildman–Crippen MR) is 124 cm³/mol. The molecule has 0 spiro atoms. The maximum absolute atomic E-state index is 12.8. The van der Waals surface area contributed by atoms with Gasteiger partial charge in [-0.3, -0.25) is 9.59 Å². The van der Waals surface area contributed by atoms with E-state index in [4.69, 9.17) is 4.74 Å². The third-order valence-corrected chi connectivity index (χ3v) is 9.32. The highest BCUT2D eigenvalue weighted by Gasteiger charge is 2.39. The number of ether oxygens (including phenoxy) is 1. The number of piperidine rings is 2. The Kier molecular flexibility index (Phi) is 7.71. The van der Waals surface area contributed by atoms with Gasteiger partial charge in [-0.2, -0.15) is 4.31 Å². The van der Waals surface area contributed by atoms with Gasteiger partial charge in [0.2, 0.25) is 15.9 Å². The number of hydrogen-bond donors (Lipinski definition) is 2. The molecule has 4 atom stereocenters. The Balaban J connectivity index is 1.26. The fourth-order valence-corrected chi connectivity index (χ4v) is 6.90. The number of nitrogens with zero attached hydrogens (tertiary/aromatic N) is 1. The van der Waals surface area contributed by atoms with E-state index in [2.05, 4.69) is 10.6 Å². The summed E-state index contributed by atoms with van der Waals surface area (Å²) in [5.74, 6) is 0.188. The second kappa shape index (κ2) is 10.5. The van der Waals surface area contributed by atoms with E-state index in [9.17, 15) is 18.0 Å². The lowest BCUT2D eigenvalue weighted by Gasteiger charge is -2.41. The Morgan fingerprint density at radius 1 is 1.12 bits per heavy atom. The van der Waals surface area contributed by atoms with Crippen LogP contribution in [0.4, 0.5) is 0 Å². The number of nitrogens with one attached hydrogen (secondary N) is 2. The van der Waals surface area contributed by atoms with Gasteiger partial charge < -0.3 is 15.4 Å². The number of amides is 2. The lowest BCUT2D eigenvalue weighted by Crippen LogP contribution is -2.53. The molecule has 0 aromatic heterocycles. The number of carbonyl (C=O) groups is 2. The molecule has 2 aliphatic heterocycles. The van der Waals surface area contributed by atoms with E-state index in [1.807, 2.05) is 0 Å². The maximum atomic E-state index is 12.8. The summed E-state index contributed by atoms with van der Waals surface area (Å²) in [6, 6.07) is 6.31. The first-order chi connectivity index (χ1) is 15.9. The average molecular weight is 478 g/mol. The Morgan fingerprint density at radius 3 is 2.55 bits per heavy atom. The molecule has 4 unspecified atom stereocenters. The molecule has 1 aromatic rings. The van der Waals surface area contributed by atoms with Gasteiger partial charge in [-0.05, 0) is 75.1 Å². The molecule has 8 nitrogen and oxygen atoms in total. The lowest BCUT2D eigenvalue weighted by molar-refractivity contribution is -0.131. The molecule has 1 saturated carbocycles. The van der Waals surface area contributed by atoms with Crippen LogP contribution in [0.15, 0.2) is 29.2 Å². The van der Waals surface area contributed by atoms with Gasteiger partial charge in [0, 0.05) is 44.3 Å². The number of hydrogen-bond acceptors (Lipinski definition) is 5. The summed E-state index contributed by atoms with van der Waals surface area (Å²) in [5, 5.41) is 6.04. The van der Waals surface area contributed by atoms with Crippen LogP contribution in [-0.4, -0.2) is 63.4 Å². The smallest absolute Gasteiger partial charge is 0.251 e. The fourth-order valence-electron chi connectivity index (χ4n) is 5.38. The highest BCUT2D eigenvalue weighted by molar-refractivity contribution is 7.89. The van der Waals surface area contributed by atoms with Crippen LogP contribution in [0.25, 0.3) is 0 Å². The number of carbonyl (C=O) groups excluding carboxylic acids is 2. The number of methoxy groups -OCH3 is 1. The highest BCUT2D eigenvalue weighted by atomic mass is 32.2. The molecule has 2 saturated heterocycles. The average Bonchev–Trinajstić information content (AvgIpc) is 2.84. The van der Waals surface area contributed by atoms with E-state index in [1.54, 1.807) is 19.2 Å². The number of fused-ring (bicyclic) bond motifs is 1. The minimum Gasteiger partial charge on any atom is -0.381 e. The van der Waals surface area contributed by atoms with E-state index in [0.717, 1.165) is 44.9 Å². The first kappa shape index (κ1) is 24.2. The molecule has 0 bridgehead atoms. The van der Waals surface area contributed by atoms with Crippen molar-refractivity contribution >= 4 is 21.8 Å². The zero-order valence-electron chi connectivity index (χ0n) is 19.3. The molecule has 4 rings (SSSR count). The van der Waals surface area contributed by atoms with Gasteiger partial charge >= 0.3 is 0 Å². The van der Waals surface area contributed by atoms with Crippen molar-refractivity contribution in [2.24, 2.45) is 11.8 Å². The molecule has 9 heteroatoms. The molecular formula is C24H35N3O5S. The van der Waals surface area contributed by atoms with E-state index >= 15 is 0 Å². The molecule has 3 fully saturated rings. The van der Waals surface area contributed by atoms with Gasteiger partial charge in [-0.25, -0.2) is 8.42 Å². The first-order valence-electron chi connectivity index (χ1n) is 12.1. The summed E-state index contributed by atoms with van der Waals surface area (Å²) in [6.45, 7) is 1.50. The summed E-state index contributed by atoms with van der Waals surface area (Å²) in [6.07, 6.45) is 7.45. The van der Waals surface area contributed by atoms with Crippen molar-refractivity contribution in [1.82, 2.24) is 14.9 Å². The van der Waals surface area contributed by atoms with Crippen molar-refractivity contribution < 1.29 is 22.7 Å². The third-order valence-electron chi connectivity index (χ3n) is 7.41. The molecular weight excluding hydrogens is 442 g/mol. The number of sulfonamides is 1. The summed E-state index contributed by atoms with van der Waals surface area (Å²) in [7, 11) is -1.78. The molecule has 1 aromatic carbocycles. The van der Waals surface area contributed by atoms with E-state index in [-0.39, 0.29) is 34.8 Å². The lowest BCUT2D eigenvalue weighted by atomic mass is 9.74. The molecule has 1 aliphatic carbocycles. The van der Waals surface area contributed by atoms with Crippen LogP contribution < -0.4 is 10.6 Å². The second-order valence-corrected chi connectivity index (χ2v) is 11.5. The standard InChI is InChI=1S/C24H35N3O5S/c1-32-20-8-5-18-15-19(24(29)26-22(18)16-20)11-12-25-23(28)17-6-9-21(10-7-17)33(30,31)27-13-3-2-4-14-27/h6-7,9-10,18-20,22H,2-5,8,11-16H2,1H3,(H,25,28)(H,26,29). The van der Waals surface area contributed by atoms with Gasteiger partial charge in [-0.15, -0.1) is 0 Å². The topological polar surface area (TPSA) is 105 Å². The van der Waals surface area contributed by atoms with E-state index < -0.39 is 10.0 Å². The normalized spacial score (nSPS) is 28.6. The zero-order chi connectivity index (χ0) is 23.4. The largest absolute Gasteiger partial charge is 0.381 e. The van der Waals surface area contributed by atoms with Gasteiger partial charge in [0.05, 0.1) is 11.0 Å². The molecule has 0 radical (unpaired) electrons. The minimum absolute atomic E-state index is 0.0644. The van der Waals surface area contributed by atoms with Crippen molar-refractivity contribution in [3.8, 4) is 0 Å². The van der Waals surface area contributed by atoms with Crippen LogP contribution in [0.1, 0.15) is 61.7 Å². The van der Waals surface area contributed by atoms with Gasteiger partial charge in [0.15, 0.2) is 0 Å². The van der Waals surface area contributed by atoms with Crippen LogP contribution in [0.5, 0.6) is 0 Å². The second-order valence-electron chi connectivity index (χ2n) is 9.51. The van der Waals surface area contributed by atoms with Crippen LogP contribution >= 0.6 is 0 Å². The molecule has 2 N–H and O–H groups in total. The SMILES string of the molecule is COC1CCC2CC(CCNC(=O)c3ccc(S(=O)(=O)N4CCCCC4)cc3)C(=O)NC2C1. The van der Waals surface area contributed by atoms with Gasteiger partial charge in [0.1, 0.15) is 0 Å². The molecule has 182 valence electrons. The van der Waals surface area contributed by atoms with Crippen LogP contribution in [0, 0.1) is 11.8 Å². The van der Waals surface area contributed by atoms with E-state index in [0.29, 0.717) is 37.5 Å². The summed E-state index contributed by atoms with van der Waals surface area (Å²) in [4.78, 5) is 25.3.